The summed E-state index contributed by atoms with van der Waals surface area (Å²) in [5.74, 6) is 0.693. The van der Waals surface area contributed by atoms with Crippen molar-refractivity contribution in [3.63, 3.8) is 0 Å². The average Bonchev–Trinajstić information content (AvgIpc) is 3.13. The number of amides is 2. The molecule has 2 aromatic rings. The van der Waals surface area contributed by atoms with E-state index in [4.69, 9.17) is 0 Å². The predicted octanol–water partition coefficient (Wildman–Crippen LogP) is 4.23. The van der Waals surface area contributed by atoms with Gasteiger partial charge in [-0.15, -0.1) is 0 Å². The van der Waals surface area contributed by atoms with E-state index < -0.39 is 5.54 Å². The number of nitrogens with one attached hydrogen (secondary N) is 1. The summed E-state index contributed by atoms with van der Waals surface area (Å²) in [6.07, 6.45) is 2.98. The highest BCUT2D eigenvalue weighted by molar-refractivity contribution is 5.99. The summed E-state index contributed by atoms with van der Waals surface area (Å²) in [5, 5.41) is 3.11. The van der Waals surface area contributed by atoms with Gasteiger partial charge in [-0.3, -0.25) is 14.5 Å². The van der Waals surface area contributed by atoms with E-state index in [9.17, 15) is 9.59 Å². The molecule has 0 unspecified atom stereocenters. The van der Waals surface area contributed by atoms with Gasteiger partial charge in [0.1, 0.15) is 0 Å². The van der Waals surface area contributed by atoms with Gasteiger partial charge in [0.15, 0.2) is 0 Å². The highest BCUT2D eigenvalue weighted by Crippen LogP contribution is 2.38. The Kier molecular flexibility index (Phi) is 6.95. The summed E-state index contributed by atoms with van der Waals surface area (Å²) < 4.78 is 0. The number of likely N-dealkylation sites (tertiary alicyclic amines) is 1. The van der Waals surface area contributed by atoms with Crippen molar-refractivity contribution in [1.29, 1.82) is 0 Å². The molecule has 0 radical (unpaired) electrons. The number of carbonyl (C=O) groups is 2. The van der Waals surface area contributed by atoms with Crippen molar-refractivity contribution in [2.45, 2.75) is 58.2 Å². The van der Waals surface area contributed by atoms with Crippen molar-refractivity contribution in [3.8, 4) is 0 Å². The van der Waals surface area contributed by atoms with Crippen LogP contribution in [0.2, 0.25) is 0 Å². The van der Waals surface area contributed by atoms with Gasteiger partial charge in [0.2, 0.25) is 5.91 Å². The van der Waals surface area contributed by atoms with E-state index in [1.54, 1.807) is 0 Å². The molecule has 32 heavy (non-hydrogen) atoms. The molecular weight excluding hydrogens is 398 g/mol. The third-order valence-corrected chi connectivity index (χ3v) is 6.96. The lowest BCUT2D eigenvalue weighted by atomic mass is 9.82. The van der Waals surface area contributed by atoms with Gasteiger partial charge in [-0.25, -0.2) is 0 Å². The summed E-state index contributed by atoms with van der Waals surface area (Å²) >= 11 is 0. The summed E-state index contributed by atoms with van der Waals surface area (Å²) in [6.45, 7) is 8.30. The quantitative estimate of drug-likeness (QED) is 0.678. The van der Waals surface area contributed by atoms with Crippen molar-refractivity contribution >= 4 is 11.8 Å². The zero-order chi connectivity index (χ0) is 22.6. The molecule has 0 atom stereocenters. The number of carbonyl (C=O) groups excluding carboxylic acids is 2. The van der Waals surface area contributed by atoms with Crippen molar-refractivity contribution in [2.75, 3.05) is 19.6 Å². The maximum Gasteiger partial charge on any atom is 0.254 e. The zero-order valence-electron chi connectivity index (χ0n) is 19.3. The maximum atomic E-state index is 13.3. The first-order valence-electron chi connectivity index (χ1n) is 11.9. The van der Waals surface area contributed by atoms with E-state index in [1.165, 1.54) is 5.56 Å². The average molecular weight is 434 g/mol. The van der Waals surface area contributed by atoms with Gasteiger partial charge >= 0.3 is 0 Å². The van der Waals surface area contributed by atoms with E-state index in [0.29, 0.717) is 25.4 Å². The maximum absolute atomic E-state index is 13.3. The van der Waals surface area contributed by atoms with Crippen LogP contribution in [-0.4, -0.2) is 46.8 Å². The molecule has 0 bridgehead atoms. The second kappa shape index (κ2) is 9.86. The lowest BCUT2D eigenvalue weighted by Gasteiger charge is -2.47. The van der Waals surface area contributed by atoms with Crippen LogP contribution >= 0.6 is 0 Å². The van der Waals surface area contributed by atoms with Crippen LogP contribution in [0.3, 0.4) is 0 Å². The minimum absolute atomic E-state index is 0.0610. The van der Waals surface area contributed by atoms with Gasteiger partial charge in [-0.1, -0.05) is 62.4 Å². The fraction of sp³-hybridized carbons (Fsp3) is 0.481. The molecule has 0 saturated carbocycles. The van der Waals surface area contributed by atoms with Crippen LogP contribution in [0.25, 0.3) is 0 Å². The van der Waals surface area contributed by atoms with Crippen molar-refractivity contribution in [1.82, 2.24) is 15.1 Å². The Hall–Kier alpha value is -2.66. The van der Waals surface area contributed by atoms with Gasteiger partial charge in [-0.05, 0) is 42.4 Å². The Morgan fingerprint density at radius 1 is 1.03 bits per heavy atom. The van der Waals surface area contributed by atoms with Crippen LogP contribution < -0.4 is 5.32 Å². The highest BCUT2D eigenvalue weighted by atomic mass is 16.2. The molecule has 5 heteroatoms. The number of piperidine rings is 1. The molecule has 1 N–H and O–H groups in total. The predicted molar refractivity (Wildman–Crippen MR) is 127 cm³/mol. The first-order valence-corrected chi connectivity index (χ1v) is 11.9. The van der Waals surface area contributed by atoms with Crippen LogP contribution in [0.4, 0.5) is 0 Å². The molecule has 2 heterocycles. The molecule has 2 aliphatic heterocycles. The van der Waals surface area contributed by atoms with E-state index in [-0.39, 0.29) is 11.8 Å². The summed E-state index contributed by atoms with van der Waals surface area (Å²) in [5.41, 5.74) is 2.74. The van der Waals surface area contributed by atoms with E-state index in [1.807, 2.05) is 35.2 Å². The molecule has 0 spiro atoms. The van der Waals surface area contributed by atoms with Gasteiger partial charge < -0.3 is 10.2 Å². The number of benzene rings is 2. The normalized spacial score (nSPS) is 18.1. The van der Waals surface area contributed by atoms with Gasteiger partial charge in [-0.2, -0.15) is 0 Å². The minimum Gasteiger partial charge on any atom is -0.356 e. The zero-order valence-corrected chi connectivity index (χ0v) is 19.3. The van der Waals surface area contributed by atoms with Gasteiger partial charge in [0.05, 0.1) is 12.0 Å². The Balaban J connectivity index is 1.48. The number of rotatable bonds is 8. The number of fused-ring (bicyclic) bond motifs is 1. The standard InChI is InChI=1S/C27H35N3O2/c1-21(2)12-15-28-25(31)18-27(30-20-23-10-6-7-11-24(23)26(30)32)13-16-29(17-14-27)19-22-8-4-3-5-9-22/h3-11,21H,12-20H2,1-2H3,(H,28,31). The summed E-state index contributed by atoms with van der Waals surface area (Å²) in [7, 11) is 0. The molecule has 0 aliphatic carbocycles. The lowest BCUT2D eigenvalue weighted by Crippen LogP contribution is -2.57. The Morgan fingerprint density at radius 3 is 2.41 bits per heavy atom. The second-order valence-electron chi connectivity index (χ2n) is 9.74. The topological polar surface area (TPSA) is 52.7 Å². The molecule has 0 aromatic heterocycles. The van der Waals surface area contributed by atoms with Crippen LogP contribution in [0.15, 0.2) is 54.6 Å². The van der Waals surface area contributed by atoms with Crippen LogP contribution in [0.5, 0.6) is 0 Å². The number of hydrogen-bond acceptors (Lipinski definition) is 3. The third-order valence-electron chi connectivity index (χ3n) is 6.96. The van der Waals surface area contributed by atoms with E-state index in [0.717, 1.165) is 50.0 Å². The molecule has 4 rings (SSSR count). The lowest BCUT2D eigenvalue weighted by molar-refractivity contribution is -0.124. The van der Waals surface area contributed by atoms with Crippen molar-refractivity contribution < 1.29 is 9.59 Å². The second-order valence-corrected chi connectivity index (χ2v) is 9.74. The fourth-order valence-electron chi connectivity index (χ4n) is 5.01. The molecule has 2 amide bonds. The monoisotopic (exact) mass is 433 g/mol. The summed E-state index contributed by atoms with van der Waals surface area (Å²) in [4.78, 5) is 30.7. The summed E-state index contributed by atoms with van der Waals surface area (Å²) in [6, 6.07) is 18.4. The number of nitrogens with zero attached hydrogens (tertiary/aromatic N) is 2. The molecule has 5 nitrogen and oxygen atoms in total. The minimum atomic E-state index is -0.425. The molecule has 2 aromatic carbocycles. The highest BCUT2D eigenvalue weighted by Gasteiger charge is 2.46. The first-order chi connectivity index (χ1) is 15.5. The Bertz CT molecular complexity index is 933. The molecule has 1 saturated heterocycles. The fourth-order valence-corrected chi connectivity index (χ4v) is 5.01. The largest absolute Gasteiger partial charge is 0.356 e. The first kappa shape index (κ1) is 22.5. The molecule has 2 aliphatic rings. The van der Waals surface area contributed by atoms with Crippen molar-refractivity contribution in [3.05, 3.63) is 71.3 Å². The Morgan fingerprint density at radius 2 is 1.72 bits per heavy atom. The smallest absolute Gasteiger partial charge is 0.254 e. The molecule has 1 fully saturated rings. The molecule has 170 valence electrons. The van der Waals surface area contributed by atoms with Crippen molar-refractivity contribution in [2.24, 2.45) is 5.92 Å². The SMILES string of the molecule is CC(C)CCNC(=O)CC1(N2Cc3ccccc3C2=O)CCN(Cc2ccccc2)CC1. The Labute approximate surface area is 191 Å². The third kappa shape index (κ3) is 5.04. The van der Waals surface area contributed by atoms with Crippen LogP contribution in [0.1, 0.15) is 61.0 Å². The van der Waals surface area contributed by atoms with E-state index >= 15 is 0 Å². The number of hydrogen-bond donors (Lipinski definition) is 1. The molecular formula is C27H35N3O2. The van der Waals surface area contributed by atoms with Crippen LogP contribution in [0, 0.1) is 5.92 Å². The van der Waals surface area contributed by atoms with Crippen LogP contribution in [-0.2, 0) is 17.9 Å². The van der Waals surface area contributed by atoms with Gasteiger partial charge in [0.25, 0.3) is 5.91 Å². The van der Waals surface area contributed by atoms with Gasteiger partial charge in [0, 0.05) is 38.3 Å². The van der Waals surface area contributed by atoms with E-state index in [2.05, 4.69) is 48.3 Å².